The molecule has 0 aliphatic carbocycles. The minimum Gasteiger partial charge on any atom is -0.452 e. The van der Waals surface area contributed by atoms with Gasteiger partial charge in [0.1, 0.15) is 0 Å². The Morgan fingerprint density at radius 2 is 2.03 bits per heavy atom. The molecule has 9 heteroatoms. The summed E-state index contributed by atoms with van der Waals surface area (Å²) in [4.78, 5) is 29.8. The van der Waals surface area contributed by atoms with Crippen molar-refractivity contribution >= 4 is 40.9 Å². The van der Waals surface area contributed by atoms with Crippen LogP contribution in [0.2, 0.25) is 0 Å². The Balaban J connectivity index is 1.55. The van der Waals surface area contributed by atoms with E-state index in [1.165, 1.54) is 11.8 Å². The van der Waals surface area contributed by atoms with Crippen molar-refractivity contribution < 1.29 is 18.8 Å². The molecule has 3 aromatic rings. The third-order valence-corrected chi connectivity index (χ3v) is 5.95. The van der Waals surface area contributed by atoms with Gasteiger partial charge in [-0.1, -0.05) is 38.1 Å². The number of esters is 1. The van der Waals surface area contributed by atoms with Gasteiger partial charge in [0.2, 0.25) is 5.88 Å². The van der Waals surface area contributed by atoms with Gasteiger partial charge in [-0.15, -0.1) is 23.1 Å². The number of anilines is 1. The van der Waals surface area contributed by atoms with E-state index in [4.69, 9.17) is 9.26 Å². The van der Waals surface area contributed by atoms with Gasteiger partial charge >= 0.3 is 5.97 Å². The van der Waals surface area contributed by atoms with Crippen LogP contribution in [0.4, 0.5) is 5.88 Å². The van der Waals surface area contributed by atoms with Crippen LogP contribution in [0.5, 0.6) is 0 Å². The smallest absolute Gasteiger partial charge is 0.339 e. The molecule has 158 valence electrons. The summed E-state index contributed by atoms with van der Waals surface area (Å²) in [7, 11) is 0. The molecule has 0 aliphatic rings. The first-order chi connectivity index (χ1) is 14.2. The highest BCUT2D eigenvalue weighted by Crippen LogP contribution is 2.27. The number of carbonyl (C=O) groups excluding carboxylic acids is 2. The number of thiazole rings is 1. The first-order valence-corrected chi connectivity index (χ1v) is 11.2. The average Bonchev–Trinajstić information content (AvgIpc) is 3.33. The highest BCUT2D eigenvalue weighted by molar-refractivity contribution is 7.98. The van der Waals surface area contributed by atoms with Crippen molar-refractivity contribution in [3.05, 3.63) is 57.7 Å². The van der Waals surface area contributed by atoms with Crippen LogP contribution in [0.15, 0.2) is 45.1 Å². The number of amides is 1. The molecular formula is C21H23N3O4S2. The summed E-state index contributed by atoms with van der Waals surface area (Å²) in [5, 5.41) is 9.49. The van der Waals surface area contributed by atoms with Crippen LogP contribution in [-0.2, 0) is 20.7 Å². The van der Waals surface area contributed by atoms with Gasteiger partial charge in [0.25, 0.3) is 5.91 Å². The van der Waals surface area contributed by atoms with Crippen LogP contribution in [0.25, 0.3) is 0 Å². The van der Waals surface area contributed by atoms with E-state index in [9.17, 15) is 9.59 Å². The van der Waals surface area contributed by atoms with E-state index < -0.39 is 18.5 Å². The zero-order valence-electron chi connectivity index (χ0n) is 17.2. The number of nitrogens with zero attached hydrogens (tertiary/aromatic N) is 2. The number of nitrogens with one attached hydrogen (secondary N) is 1. The van der Waals surface area contributed by atoms with Gasteiger partial charge < -0.3 is 9.26 Å². The lowest BCUT2D eigenvalue weighted by Crippen LogP contribution is -2.21. The van der Waals surface area contributed by atoms with Gasteiger partial charge in [0.05, 0.1) is 22.0 Å². The average molecular weight is 446 g/mol. The molecule has 7 nitrogen and oxygen atoms in total. The minimum absolute atomic E-state index is 0.197. The summed E-state index contributed by atoms with van der Waals surface area (Å²) in [6, 6.07) is 8.81. The molecule has 30 heavy (non-hydrogen) atoms. The number of aromatic nitrogens is 2. The van der Waals surface area contributed by atoms with Gasteiger partial charge in [0, 0.05) is 27.5 Å². The normalized spacial score (nSPS) is 11.3. The Hall–Kier alpha value is -2.65. The quantitative estimate of drug-likeness (QED) is 0.411. The number of aryl methyl sites for hydroxylation is 1. The van der Waals surface area contributed by atoms with E-state index in [1.54, 1.807) is 29.5 Å². The number of carbonyl (C=O) groups is 2. The molecule has 0 saturated carbocycles. The van der Waals surface area contributed by atoms with Crippen molar-refractivity contribution in [2.24, 2.45) is 0 Å². The maximum Gasteiger partial charge on any atom is 0.339 e. The van der Waals surface area contributed by atoms with E-state index in [2.05, 4.69) is 15.5 Å². The van der Waals surface area contributed by atoms with Gasteiger partial charge in [-0.25, -0.2) is 9.78 Å². The molecule has 0 saturated heterocycles. The van der Waals surface area contributed by atoms with Gasteiger partial charge in [0.15, 0.2) is 6.61 Å². The Kier molecular flexibility index (Phi) is 6.94. The van der Waals surface area contributed by atoms with E-state index in [0.29, 0.717) is 11.3 Å². The summed E-state index contributed by atoms with van der Waals surface area (Å²) in [6.07, 6.45) is 0. The van der Waals surface area contributed by atoms with E-state index in [-0.39, 0.29) is 11.3 Å². The van der Waals surface area contributed by atoms with E-state index >= 15 is 0 Å². The molecule has 0 radical (unpaired) electrons. The summed E-state index contributed by atoms with van der Waals surface area (Å²) in [5.41, 5.74) is 1.90. The lowest BCUT2D eigenvalue weighted by Gasteiger charge is -2.12. The van der Waals surface area contributed by atoms with Crippen molar-refractivity contribution in [2.75, 3.05) is 11.9 Å². The maximum absolute atomic E-state index is 12.5. The van der Waals surface area contributed by atoms with Crippen molar-refractivity contribution in [3.8, 4) is 0 Å². The highest BCUT2D eigenvalue weighted by Gasteiger charge is 2.20. The molecule has 1 N–H and O–H groups in total. The fourth-order valence-electron chi connectivity index (χ4n) is 2.46. The second-order valence-corrected chi connectivity index (χ2v) is 9.67. The fraction of sp³-hybridized carbons (Fsp3) is 0.333. The number of benzene rings is 1. The predicted molar refractivity (Wildman–Crippen MR) is 117 cm³/mol. The molecule has 3 rings (SSSR count). The summed E-state index contributed by atoms with van der Waals surface area (Å²) >= 11 is 3.10. The van der Waals surface area contributed by atoms with Gasteiger partial charge in [-0.05, 0) is 19.1 Å². The first-order valence-electron chi connectivity index (χ1n) is 9.29. The van der Waals surface area contributed by atoms with Crippen molar-refractivity contribution in [1.29, 1.82) is 0 Å². The molecule has 0 aliphatic heterocycles. The zero-order valence-corrected chi connectivity index (χ0v) is 18.9. The minimum atomic E-state index is -0.560. The standard InChI is InChI=1S/C21H23N3O4S2/c1-13-22-14(11-29-13)12-30-16-8-6-5-7-15(16)20(26)27-10-18(25)23-19-9-17(24-28-19)21(2,3)4/h5-9,11H,10,12H2,1-4H3,(H,23,25). The fourth-order valence-corrected chi connectivity index (χ4v) is 4.11. The molecular weight excluding hydrogens is 422 g/mol. The molecule has 2 aromatic heterocycles. The Bertz CT molecular complexity index is 1040. The van der Waals surface area contributed by atoms with Crippen molar-refractivity contribution in [1.82, 2.24) is 10.1 Å². The molecule has 0 atom stereocenters. The third-order valence-electron chi connectivity index (χ3n) is 4.02. The molecule has 1 aromatic carbocycles. The van der Waals surface area contributed by atoms with Crippen molar-refractivity contribution in [2.45, 2.75) is 43.8 Å². The monoisotopic (exact) mass is 445 g/mol. The zero-order chi connectivity index (χ0) is 21.7. The topological polar surface area (TPSA) is 94.3 Å². The number of hydrogen-bond acceptors (Lipinski definition) is 8. The number of hydrogen-bond donors (Lipinski definition) is 1. The number of ether oxygens (including phenoxy) is 1. The van der Waals surface area contributed by atoms with E-state index in [1.807, 2.05) is 45.2 Å². The maximum atomic E-state index is 12.5. The van der Waals surface area contributed by atoms with Crippen LogP contribution in [0, 0.1) is 6.92 Å². The van der Waals surface area contributed by atoms with Crippen LogP contribution in [-0.4, -0.2) is 28.6 Å². The first kappa shape index (κ1) is 22.0. The van der Waals surface area contributed by atoms with Crippen LogP contribution < -0.4 is 5.32 Å². The molecule has 0 unspecified atom stereocenters. The van der Waals surface area contributed by atoms with Crippen LogP contribution in [0.1, 0.15) is 47.5 Å². The highest BCUT2D eigenvalue weighted by atomic mass is 32.2. The molecule has 0 spiro atoms. The Labute approximate surface area is 183 Å². The van der Waals surface area contributed by atoms with Crippen LogP contribution in [0.3, 0.4) is 0 Å². The molecule has 0 fully saturated rings. The second kappa shape index (κ2) is 9.44. The van der Waals surface area contributed by atoms with Crippen molar-refractivity contribution in [3.63, 3.8) is 0 Å². The number of rotatable bonds is 7. The van der Waals surface area contributed by atoms with Gasteiger partial charge in [-0.2, -0.15) is 0 Å². The predicted octanol–water partition coefficient (Wildman–Crippen LogP) is 4.82. The molecule has 2 heterocycles. The largest absolute Gasteiger partial charge is 0.452 e. The lowest BCUT2D eigenvalue weighted by molar-refractivity contribution is -0.119. The SMILES string of the molecule is Cc1nc(CSc2ccccc2C(=O)OCC(=O)Nc2cc(C(C)(C)C)no2)cs1. The molecule has 0 bridgehead atoms. The lowest BCUT2D eigenvalue weighted by atomic mass is 9.92. The third kappa shape index (κ3) is 5.93. The summed E-state index contributed by atoms with van der Waals surface area (Å²) in [6.45, 7) is 7.50. The number of thioether (sulfide) groups is 1. The Morgan fingerprint density at radius 3 is 2.70 bits per heavy atom. The van der Waals surface area contributed by atoms with Crippen LogP contribution >= 0.6 is 23.1 Å². The molecule has 1 amide bonds. The Morgan fingerprint density at radius 1 is 1.27 bits per heavy atom. The summed E-state index contributed by atoms with van der Waals surface area (Å²) in [5.74, 6) is -0.189. The second-order valence-electron chi connectivity index (χ2n) is 7.59. The van der Waals surface area contributed by atoms with E-state index in [0.717, 1.165) is 21.3 Å². The summed E-state index contributed by atoms with van der Waals surface area (Å²) < 4.78 is 10.3. The van der Waals surface area contributed by atoms with Gasteiger partial charge in [-0.3, -0.25) is 10.1 Å².